The molecule has 3 aliphatic rings. The number of carbonyl (C=O) groups is 2. The highest BCUT2D eigenvalue weighted by molar-refractivity contribution is 5.81. The van der Waals surface area contributed by atoms with Crippen LogP contribution in [0.2, 0.25) is 0 Å². The fourth-order valence-corrected chi connectivity index (χ4v) is 4.42. The lowest BCUT2D eigenvalue weighted by molar-refractivity contribution is -0.149. The zero-order chi connectivity index (χ0) is 13.5. The molecule has 3 rings (SSSR count). The largest absolute Gasteiger partial charge is 0.481 e. The third-order valence-electron chi connectivity index (χ3n) is 5.59. The molecule has 1 aliphatic heterocycles. The molecule has 4 heteroatoms. The normalized spacial score (nSPS) is 34.7. The number of hydrogen-bond acceptors (Lipinski definition) is 2. The maximum absolute atomic E-state index is 12.3. The van der Waals surface area contributed by atoms with Crippen LogP contribution < -0.4 is 0 Å². The lowest BCUT2D eigenvalue weighted by Gasteiger charge is -2.23. The number of aliphatic carboxylic acids is 1. The SMILES string of the molecule is O=C(CC1CCCC1)N1C[C@@H]2CCC[C@@]2(C(=O)O)C1. The van der Waals surface area contributed by atoms with Gasteiger partial charge in [-0.15, -0.1) is 0 Å². The number of fused-ring (bicyclic) bond motifs is 1. The molecule has 2 atom stereocenters. The Labute approximate surface area is 114 Å². The summed E-state index contributed by atoms with van der Waals surface area (Å²) in [6.07, 6.45) is 8.21. The van der Waals surface area contributed by atoms with E-state index in [0.29, 0.717) is 25.4 Å². The van der Waals surface area contributed by atoms with Gasteiger partial charge in [0.05, 0.1) is 5.41 Å². The third-order valence-corrected chi connectivity index (χ3v) is 5.59. The van der Waals surface area contributed by atoms with Gasteiger partial charge in [0.2, 0.25) is 5.91 Å². The molecule has 0 aromatic carbocycles. The number of rotatable bonds is 3. The number of carboxylic acid groups (broad SMARTS) is 1. The first-order valence-electron chi connectivity index (χ1n) is 7.63. The summed E-state index contributed by atoms with van der Waals surface area (Å²) in [6.45, 7) is 1.14. The average Bonchev–Trinajstić information content (AvgIpc) is 3.01. The van der Waals surface area contributed by atoms with Crippen molar-refractivity contribution in [2.75, 3.05) is 13.1 Å². The fourth-order valence-electron chi connectivity index (χ4n) is 4.42. The Balaban J connectivity index is 1.64. The fraction of sp³-hybridized carbons (Fsp3) is 0.867. The first-order chi connectivity index (χ1) is 9.12. The van der Waals surface area contributed by atoms with Gasteiger partial charge in [0.25, 0.3) is 0 Å². The second-order valence-electron chi connectivity index (χ2n) is 6.68. The average molecular weight is 265 g/mol. The van der Waals surface area contributed by atoms with Crippen LogP contribution in [0.1, 0.15) is 51.4 Å². The van der Waals surface area contributed by atoms with Gasteiger partial charge in [0.15, 0.2) is 0 Å². The molecule has 1 N–H and O–H groups in total. The molecule has 1 heterocycles. The predicted molar refractivity (Wildman–Crippen MR) is 70.6 cm³/mol. The van der Waals surface area contributed by atoms with E-state index in [9.17, 15) is 14.7 Å². The Hall–Kier alpha value is -1.06. The molecule has 2 saturated carbocycles. The van der Waals surface area contributed by atoms with Crippen LogP contribution in [-0.2, 0) is 9.59 Å². The Bertz CT molecular complexity index is 389. The van der Waals surface area contributed by atoms with Gasteiger partial charge in [0.1, 0.15) is 0 Å². The number of amides is 1. The van der Waals surface area contributed by atoms with Crippen LogP contribution in [-0.4, -0.2) is 35.0 Å². The van der Waals surface area contributed by atoms with Crippen LogP contribution in [0.3, 0.4) is 0 Å². The lowest BCUT2D eigenvalue weighted by Crippen LogP contribution is -2.37. The predicted octanol–water partition coefficient (Wildman–Crippen LogP) is 2.28. The number of carboxylic acids is 1. The number of nitrogens with zero attached hydrogens (tertiary/aromatic N) is 1. The topological polar surface area (TPSA) is 57.6 Å². The third kappa shape index (κ3) is 2.15. The van der Waals surface area contributed by atoms with E-state index < -0.39 is 11.4 Å². The summed E-state index contributed by atoms with van der Waals surface area (Å²) in [5.41, 5.74) is -0.620. The van der Waals surface area contributed by atoms with E-state index in [1.807, 2.05) is 4.90 Å². The standard InChI is InChI=1S/C15H23NO3/c17-13(8-11-4-1-2-5-11)16-9-12-6-3-7-15(12,10-16)14(18)19/h11-12H,1-10H2,(H,18,19)/t12-,15+/m0/s1. The lowest BCUT2D eigenvalue weighted by atomic mass is 9.81. The number of carbonyl (C=O) groups excluding carboxylic acids is 1. The van der Waals surface area contributed by atoms with E-state index in [2.05, 4.69) is 0 Å². The van der Waals surface area contributed by atoms with Crippen LogP contribution in [0.15, 0.2) is 0 Å². The summed E-state index contributed by atoms with van der Waals surface area (Å²) in [6, 6.07) is 0. The first kappa shape index (κ1) is 12.9. The molecule has 106 valence electrons. The molecule has 0 spiro atoms. The molecule has 4 nitrogen and oxygen atoms in total. The van der Waals surface area contributed by atoms with Crippen molar-refractivity contribution >= 4 is 11.9 Å². The van der Waals surface area contributed by atoms with Crippen LogP contribution >= 0.6 is 0 Å². The summed E-state index contributed by atoms with van der Waals surface area (Å²) in [5.74, 6) is 0.249. The molecule has 0 unspecified atom stereocenters. The van der Waals surface area contributed by atoms with Gasteiger partial charge in [-0.2, -0.15) is 0 Å². The highest BCUT2D eigenvalue weighted by Crippen LogP contribution is 2.49. The van der Waals surface area contributed by atoms with Gasteiger partial charge < -0.3 is 10.0 Å². The molecule has 3 fully saturated rings. The minimum Gasteiger partial charge on any atom is -0.481 e. The molecule has 0 aromatic heterocycles. The minimum atomic E-state index is -0.689. The van der Waals surface area contributed by atoms with Gasteiger partial charge in [-0.25, -0.2) is 0 Å². The van der Waals surface area contributed by atoms with Crippen molar-refractivity contribution in [3.05, 3.63) is 0 Å². The van der Waals surface area contributed by atoms with E-state index >= 15 is 0 Å². The Morgan fingerprint density at radius 1 is 1.16 bits per heavy atom. The Morgan fingerprint density at radius 2 is 1.89 bits per heavy atom. The van der Waals surface area contributed by atoms with E-state index in [0.717, 1.165) is 19.3 Å². The van der Waals surface area contributed by atoms with Crippen molar-refractivity contribution < 1.29 is 14.7 Å². The number of hydrogen-bond donors (Lipinski definition) is 1. The molecule has 0 bridgehead atoms. The molecule has 2 aliphatic carbocycles. The van der Waals surface area contributed by atoms with E-state index in [4.69, 9.17) is 0 Å². The summed E-state index contributed by atoms with van der Waals surface area (Å²) < 4.78 is 0. The van der Waals surface area contributed by atoms with E-state index in [1.54, 1.807) is 0 Å². The first-order valence-corrected chi connectivity index (χ1v) is 7.63. The quantitative estimate of drug-likeness (QED) is 0.851. The van der Waals surface area contributed by atoms with Crippen molar-refractivity contribution in [3.8, 4) is 0 Å². The van der Waals surface area contributed by atoms with Crippen LogP contribution in [0.5, 0.6) is 0 Å². The Kier molecular flexibility index (Phi) is 3.27. The Morgan fingerprint density at radius 3 is 2.53 bits per heavy atom. The van der Waals surface area contributed by atoms with Gasteiger partial charge in [0, 0.05) is 19.5 Å². The smallest absolute Gasteiger partial charge is 0.311 e. The van der Waals surface area contributed by atoms with Crippen LogP contribution in [0.4, 0.5) is 0 Å². The second kappa shape index (κ2) is 4.80. The van der Waals surface area contributed by atoms with Gasteiger partial charge >= 0.3 is 5.97 Å². The van der Waals surface area contributed by atoms with Gasteiger partial charge in [-0.05, 0) is 37.5 Å². The van der Waals surface area contributed by atoms with Crippen molar-refractivity contribution in [3.63, 3.8) is 0 Å². The number of likely N-dealkylation sites (tertiary alicyclic amines) is 1. The van der Waals surface area contributed by atoms with Gasteiger partial charge in [-0.1, -0.05) is 19.3 Å². The maximum Gasteiger partial charge on any atom is 0.311 e. The summed E-state index contributed by atoms with van der Waals surface area (Å²) in [7, 11) is 0. The molecule has 1 amide bonds. The van der Waals surface area contributed by atoms with Crippen LogP contribution in [0.25, 0.3) is 0 Å². The van der Waals surface area contributed by atoms with Crippen molar-refractivity contribution in [1.82, 2.24) is 4.90 Å². The summed E-state index contributed by atoms with van der Waals surface area (Å²) >= 11 is 0. The molecule has 1 saturated heterocycles. The van der Waals surface area contributed by atoms with E-state index in [-0.39, 0.29) is 11.8 Å². The van der Waals surface area contributed by atoms with Crippen molar-refractivity contribution in [2.45, 2.75) is 51.4 Å². The highest BCUT2D eigenvalue weighted by Gasteiger charge is 2.55. The maximum atomic E-state index is 12.3. The molecule has 0 radical (unpaired) electrons. The second-order valence-corrected chi connectivity index (χ2v) is 6.68. The van der Waals surface area contributed by atoms with Crippen molar-refractivity contribution in [1.29, 1.82) is 0 Å². The molecular weight excluding hydrogens is 242 g/mol. The summed E-state index contributed by atoms with van der Waals surface area (Å²) in [4.78, 5) is 25.8. The van der Waals surface area contributed by atoms with E-state index in [1.165, 1.54) is 25.7 Å². The molecular formula is C15H23NO3. The van der Waals surface area contributed by atoms with Crippen molar-refractivity contribution in [2.24, 2.45) is 17.3 Å². The molecule has 19 heavy (non-hydrogen) atoms. The molecule has 0 aromatic rings. The van der Waals surface area contributed by atoms with Gasteiger partial charge in [-0.3, -0.25) is 9.59 Å². The summed E-state index contributed by atoms with van der Waals surface area (Å²) in [5, 5.41) is 9.52. The zero-order valence-electron chi connectivity index (χ0n) is 11.4. The monoisotopic (exact) mass is 265 g/mol. The highest BCUT2D eigenvalue weighted by atomic mass is 16.4. The van der Waals surface area contributed by atoms with Crippen LogP contribution in [0, 0.1) is 17.3 Å². The minimum absolute atomic E-state index is 0.192. The zero-order valence-corrected chi connectivity index (χ0v) is 11.4.